The summed E-state index contributed by atoms with van der Waals surface area (Å²) in [5, 5.41) is 15.1. The Labute approximate surface area is 158 Å². The van der Waals surface area contributed by atoms with Gasteiger partial charge in [-0.15, -0.1) is 4.91 Å². The van der Waals surface area contributed by atoms with Crippen molar-refractivity contribution in [3.8, 4) is 11.6 Å². The lowest BCUT2D eigenvalue weighted by atomic mass is 10.2. The lowest BCUT2D eigenvalue weighted by Gasteiger charge is -2.10. The van der Waals surface area contributed by atoms with Crippen molar-refractivity contribution in [1.29, 1.82) is 0 Å². The number of hydrogen-bond acceptors (Lipinski definition) is 4. The molecule has 1 heterocycles. The molecular formula is C17H13Cl3N2O3. The third-order valence-electron chi connectivity index (χ3n) is 3.74. The van der Waals surface area contributed by atoms with Crippen LogP contribution in [0.25, 0.3) is 10.9 Å². The number of rotatable bonds is 6. The minimum Gasteiger partial charge on any atom is -0.493 e. The summed E-state index contributed by atoms with van der Waals surface area (Å²) >= 11 is 17.8. The van der Waals surface area contributed by atoms with Gasteiger partial charge in [0.1, 0.15) is 5.75 Å². The molecule has 0 saturated heterocycles. The normalized spacial score (nSPS) is 11.0. The number of halogens is 3. The van der Waals surface area contributed by atoms with Crippen LogP contribution in [-0.4, -0.2) is 16.3 Å². The molecule has 0 radical (unpaired) electrons. The third-order valence-corrected chi connectivity index (χ3v) is 4.51. The molecule has 1 aromatic heterocycles. The highest BCUT2D eigenvalue weighted by atomic mass is 35.5. The van der Waals surface area contributed by atoms with Gasteiger partial charge in [0, 0.05) is 22.0 Å². The number of benzene rings is 2. The predicted octanol–water partition coefficient (Wildman–Crippen LogP) is 6.17. The van der Waals surface area contributed by atoms with E-state index in [1.165, 1.54) is 0 Å². The van der Waals surface area contributed by atoms with E-state index in [0.717, 1.165) is 0 Å². The Morgan fingerprint density at radius 3 is 2.52 bits per heavy atom. The van der Waals surface area contributed by atoms with Crippen LogP contribution in [0.2, 0.25) is 15.1 Å². The van der Waals surface area contributed by atoms with Crippen molar-refractivity contribution in [2.45, 2.75) is 13.0 Å². The van der Waals surface area contributed by atoms with Crippen LogP contribution in [0.5, 0.6) is 11.6 Å². The maximum absolute atomic E-state index is 11.0. The molecule has 0 atom stereocenters. The summed E-state index contributed by atoms with van der Waals surface area (Å²) in [5.41, 5.74) is 0.667. The van der Waals surface area contributed by atoms with Crippen LogP contribution >= 0.6 is 34.8 Å². The highest BCUT2D eigenvalue weighted by molar-refractivity contribution is 6.35. The number of ether oxygens (including phenoxy) is 1. The van der Waals surface area contributed by atoms with Gasteiger partial charge in [0.15, 0.2) is 5.69 Å². The van der Waals surface area contributed by atoms with E-state index in [2.05, 4.69) is 5.18 Å². The fourth-order valence-electron chi connectivity index (χ4n) is 2.61. The van der Waals surface area contributed by atoms with Crippen molar-refractivity contribution in [1.82, 2.24) is 4.57 Å². The van der Waals surface area contributed by atoms with Gasteiger partial charge in [0.25, 0.3) is 0 Å². The standard InChI is InChI=1S/C17H13Cl3N2O3/c18-10-2-4-14-12(8-10)16(21-24)17(23)22(14)6-1-7-25-15-5-3-11(19)9-13(15)20/h2-5,8-9,23H,1,6-7H2. The summed E-state index contributed by atoms with van der Waals surface area (Å²) in [6, 6.07) is 10.0. The lowest BCUT2D eigenvalue weighted by Crippen LogP contribution is -2.04. The summed E-state index contributed by atoms with van der Waals surface area (Å²) in [6.45, 7) is 0.808. The Bertz CT molecular complexity index is 941. The molecule has 130 valence electrons. The quantitative estimate of drug-likeness (QED) is 0.398. The fourth-order valence-corrected chi connectivity index (χ4v) is 3.24. The summed E-state index contributed by atoms with van der Waals surface area (Å²) in [5.74, 6) is 0.353. The van der Waals surface area contributed by atoms with E-state index in [9.17, 15) is 10.0 Å². The lowest BCUT2D eigenvalue weighted by molar-refractivity contribution is 0.298. The highest BCUT2D eigenvalue weighted by Crippen LogP contribution is 2.39. The van der Waals surface area contributed by atoms with Crippen LogP contribution in [0.3, 0.4) is 0 Å². The Morgan fingerprint density at radius 1 is 1.08 bits per heavy atom. The maximum atomic E-state index is 11.0. The third kappa shape index (κ3) is 3.68. The first-order valence-electron chi connectivity index (χ1n) is 7.43. The van der Waals surface area contributed by atoms with Crippen LogP contribution in [0.4, 0.5) is 5.69 Å². The average Bonchev–Trinajstić information content (AvgIpc) is 2.83. The zero-order valence-electron chi connectivity index (χ0n) is 12.9. The molecule has 0 aliphatic heterocycles. The van der Waals surface area contributed by atoms with Gasteiger partial charge < -0.3 is 14.4 Å². The predicted molar refractivity (Wildman–Crippen MR) is 101 cm³/mol. The first-order chi connectivity index (χ1) is 12.0. The molecule has 0 amide bonds. The van der Waals surface area contributed by atoms with Crippen molar-refractivity contribution >= 4 is 51.4 Å². The van der Waals surface area contributed by atoms with Crippen molar-refractivity contribution in [2.24, 2.45) is 5.18 Å². The minimum atomic E-state index is -0.184. The zero-order chi connectivity index (χ0) is 18.0. The van der Waals surface area contributed by atoms with E-state index in [4.69, 9.17) is 39.5 Å². The van der Waals surface area contributed by atoms with E-state index >= 15 is 0 Å². The second-order valence-corrected chi connectivity index (χ2v) is 6.63. The van der Waals surface area contributed by atoms with E-state index < -0.39 is 0 Å². The van der Waals surface area contributed by atoms with Gasteiger partial charge in [-0.3, -0.25) is 0 Å². The van der Waals surface area contributed by atoms with Crippen molar-refractivity contribution in [2.75, 3.05) is 6.61 Å². The van der Waals surface area contributed by atoms with Crippen LogP contribution in [0.15, 0.2) is 41.6 Å². The molecule has 3 aromatic rings. The fraction of sp³-hybridized carbons (Fsp3) is 0.176. The van der Waals surface area contributed by atoms with Crippen LogP contribution in [0, 0.1) is 4.91 Å². The molecule has 0 unspecified atom stereocenters. The highest BCUT2D eigenvalue weighted by Gasteiger charge is 2.17. The summed E-state index contributed by atoms with van der Waals surface area (Å²) in [7, 11) is 0. The van der Waals surface area contributed by atoms with E-state index in [1.54, 1.807) is 41.0 Å². The van der Waals surface area contributed by atoms with Gasteiger partial charge in [-0.2, -0.15) is 0 Å². The molecule has 0 aliphatic carbocycles. The average molecular weight is 400 g/mol. The van der Waals surface area contributed by atoms with Gasteiger partial charge in [0.05, 0.1) is 17.1 Å². The number of aromatic hydroxyl groups is 1. The van der Waals surface area contributed by atoms with Crippen molar-refractivity contribution < 1.29 is 9.84 Å². The Hall–Kier alpha value is -1.95. The van der Waals surface area contributed by atoms with Gasteiger partial charge in [-0.25, -0.2) is 0 Å². The van der Waals surface area contributed by atoms with E-state index in [-0.39, 0.29) is 11.6 Å². The second kappa shape index (κ2) is 7.52. The molecule has 25 heavy (non-hydrogen) atoms. The van der Waals surface area contributed by atoms with E-state index in [0.29, 0.717) is 51.3 Å². The molecule has 0 bridgehead atoms. The molecular weight excluding hydrogens is 387 g/mol. The molecule has 0 fully saturated rings. The van der Waals surface area contributed by atoms with Crippen LogP contribution < -0.4 is 4.74 Å². The van der Waals surface area contributed by atoms with Crippen molar-refractivity contribution in [3.05, 3.63) is 56.4 Å². The SMILES string of the molecule is O=Nc1c(O)n(CCCOc2ccc(Cl)cc2Cl)c2ccc(Cl)cc12. The summed E-state index contributed by atoms with van der Waals surface area (Å²) in [4.78, 5) is 11.0. The number of fused-ring (bicyclic) bond motifs is 1. The van der Waals surface area contributed by atoms with Gasteiger partial charge in [-0.05, 0) is 48.0 Å². The van der Waals surface area contributed by atoms with Gasteiger partial charge in [0.2, 0.25) is 5.88 Å². The molecule has 0 spiro atoms. The first-order valence-corrected chi connectivity index (χ1v) is 8.56. The largest absolute Gasteiger partial charge is 0.493 e. The number of hydrogen-bond donors (Lipinski definition) is 1. The molecule has 1 N–H and O–H groups in total. The number of aromatic nitrogens is 1. The zero-order valence-corrected chi connectivity index (χ0v) is 15.1. The topological polar surface area (TPSA) is 63.8 Å². The molecule has 5 nitrogen and oxygen atoms in total. The van der Waals surface area contributed by atoms with Gasteiger partial charge in [-0.1, -0.05) is 34.8 Å². The Balaban J connectivity index is 1.73. The number of nitroso groups, excluding NO2 is 1. The minimum absolute atomic E-state index is 0.0147. The Kier molecular flexibility index (Phi) is 5.37. The molecule has 3 rings (SSSR count). The monoisotopic (exact) mass is 398 g/mol. The smallest absolute Gasteiger partial charge is 0.222 e. The summed E-state index contributed by atoms with van der Waals surface area (Å²) in [6.07, 6.45) is 0.581. The molecule has 8 heteroatoms. The second-order valence-electron chi connectivity index (χ2n) is 5.35. The summed E-state index contributed by atoms with van der Waals surface area (Å²) < 4.78 is 7.23. The molecule has 0 saturated carbocycles. The first kappa shape index (κ1) is 17.9. The van der Waals surface area contributed by atoms with Crippen LogP contribution in [-0.2, 0) is 6.54 Å². The van der Waals surface area contributed by atoms with Gasteiger partial charge >= 0.3 is 0 Å². The Morgan fingerprint density at radius 2 is 1.80 bits per heavy atom. The molecule has 2 aromatic carbocycles. The van der Waals surface area contributed by atoms with Crippen LogP contribution in [0.1, 0.15) is 6.42 Å². The maximum Gasteiger partial charge on any atom is 0.222 e. The van der Waals surface area contributed by atoms with Crippen molar-refractivity contribution in [3.63, 3.8) is 0 Å². The molecule has 0 aliphatic rings. The number of nitrogens with zero attached hydrogens (tertiary/aromatic N) is 2. The van der Waals surface area contributed by atoms with E-state index in [1.807, 2.05) is 0 Å². The number of aryl methyl sites for hydroxylation is 1.